The molecule has 1 unspecified atom stereocenters. The van der Waals surface area contributed by atoms with Crippen molar-refractivity contribution >= 4 is 28.3 Å². The van der Waals surface area contributed by atoms with E-state index in [1.54, 1.807) is 18.9 Å². The molecule has 1 aliphatic heterocycles. The Bertz CT molecular complexity index is 1080. The van der Waals surface area contributed by atoms with Gasteiger partial charge in [-0.25, -0.2) is 0 Å². The van der Waals surface area contributed by atoms with Gasteiger partial charge >= 0.3 is 0 Å². The van der Waals surface area contributed by atoms with Crippen LogP contribution in [0.5, 0.6) is 0 Å². The third-order valence-corrected chi connectivity index (χ3v) is 5.77. The van der Waals surface area contributed by atoms with Crippen molar-refractivity contribution in [3.8, 4) is 0 Å². The highest BCUT2D eigenvalue weighted by atomic mass is 16.2. The Morgan fingerprint density at radius 1 is 1.17 bits per heavy atom. The second-order valence-corrected chi connectivity index (χ2v) is 7.68. The van der Waals surface area contributed by atoms with Crippen molar-refractivity contribution in [3.05, 3.63) is 72.1 Å². The van der Waals surface area contributed by atoms with E-state index in [2.05, 4.69) is 27.8 Å². The molecule has 0 fully saturated rings. The molecule has 0 spiro atoms. The summed E-state index contributed by atoms with van der Waals surface area (Å²) in [5.41, 5.74) is 2.98. The fraction of sp³-hybridized carbons (Fsp3) is 0.292. The van der Waals surface area contributed by atoms with E-state index in [-0.39, 0.29) is 17.9 Å². The maximum absolute atomic E-state index is 13.6. The van der Waals surface area contributed by atoms with Gasteiger partial charge in [-0.2, -0.15) is 0 Å². The van der Waals surface area contributed by atoms with Gasteiger partial charge in [0.2, 0.25) is 11.8 Å². The molecular weight excluding hydrogens is 376 g/mol. The smallest absolute Gasteiger partial charge is 0.249 e. The first-order chi connectivity index (χ1) is 14.6. The number of aromatic nitrogens is 1. The molecule has 30 heavy (non-hydrogen) atoms. The molecule has 0 bridgehead atoms. The Morgan fingerprint density at radius 2 is 1.93 bits per heavy atom. The van der Waals surface area contributed by atoms with Crippen LogP contribution in [0.4, 0.5) is 5.69 Å². The third-order valence-electron chi connectivity index (χ3n) is 5.77. The van der Waals surface area contributed by atoms with Gasteiger partial charge in [0, 0.05) is 23.5 Å². The molecule has 2 amide bonds. The normalized spacial score (nSPS) is 17.3. The van der Waals surface area contributed by atoms with E-state index in [0.29, 0.717) is 13.0 Å². The first kappa shape index (κ1) is 20.0. The van der Waals surface area contributed by atoms with Crippen molar-refractivity contribution in [2.24, 2.45) is 0 Å². The number of fused-ring (bicyclic) bond motifs is 2. The van der Waals surface area contributed by atoms with Crippen molar-refractivity contribution in [3.63, 3.8) is 0 Å². The molecule has 6 nitrogen and oxygen atoms in total. The summed E-state index contributed by atoms with van der Waals surface area (Å²) in [5, 5.41) is 7.98. The van der Waals surface area contributed by atoms with Gasteiger partial charge in [-0.05, 0) is 49.4 Å². The van der Waals surface area contributed by atoms with Crippen molar-refractivity contribution < 1.29 is 9.59 Å². The molecule has 2 atom stereocenters. The fourth-order valence-corrected chi connectivity index (χ4v) is 3.92. The van der Waals surface area contributed by atoms with E-state index < -0.39 is 6.04 Å². The van der Waals surface area contributed by atoms with Crippen LogP contribution < -0.4 is 15.5 Å². The lowest BCUT2D eigenvalue weighted by Gasteiger charge is -2.27. The molecule has 3 aromatic rings. The predicted octanol–water partition coefficient (Wildman–Crippen LogP) is 2.81. The summed E-state index contributed by atoms with van der Waals surface area (Å²) in [5.74, 6) is -0.266. The van der Waals surface area contributed by atoms with E-state index in [0.717, 1.165) is 34.0 Å². The Kier molecular flexibility index (Phi) is 5.77. The van der Waals surface area contributed by atoms with E-state index in [9.17, 15) is 9.59 Å². The highest BCUT2D eigenvalue weighted by molar-refractivity contribution is 6.01. The Labute approximate surface area is 176 Å². The van der Waals surface area contributed by atoms with Crippen molar-refractivity contribution in [2.75, 3.05) is 11.9 Å². The van der Waals surface area contributed by atoms with E-state index in [1.165, 1.54) is 0 Å². The minimum Gasteiger partial charge on any atom is -0.343 e. The van der Waals surface area contributed by atoms with Crippen LogP contribution in [0.3, 0.4) is 0 Å². The van der Waals surface area contributed by atoms with Crippen molar-refractivity contribution in [1.82, 2.24) is 15.6 Å². The number of amides is 2. The number of likely N-dealkylation sites (N-methyl/N-ethyl adjacent to an activating group) is 1. The molecule has 6 heteroatoms. The van der Waals surface area contributed by atoms with Gasteiger partial charge < -0.3 is 15.5 Å². The quantitative estimate of drug-likeness (QED) is 0.688. The van der Waals surface area contributed by atoms with Gasteiger partial charge in [0.15, 0.2) is 0 Å². The van der Waals surface area contributed by atoms with E-state index in [4.69, 9.17) is 0 Å². The number of carbonyl (C=O) groups is 2. The molecule has 2 N–H and O–H groups in total. The molecule has 4 rings (SSSR count). The lowest BCUT2D eigenvalue weighted by Crippen LogP contribution is -2.52. The number of anilines is 1. The van der Waals surface area contributed by atoms with Crippen molar-refractivity contribution in [1.29, 1.82) is 0 Å². The van der Waals surface area contributed by atoms with Crippen LogP contribution in [-0.4, -0.2) is 35.9 Å². The minimum absolute atomic E-state index is 0.0930. The standard InChI is InChI=1S/C24H26N4O2/c1-16(25-2)23(29)27-21-12-11-17-7-4-6-10-22(17)28(24(21)30)15-19-14-26-13-18-8-3-5-9-20(18)19/h3-10,13-14,16,21,25H,11-12,15H2,1-2H3,(H,27,29)/t16?,21-/m0/s1. The van der Waals surface area contributed by atoms with Crippen LogP contribution >= 0.6 is 0 Å². The van der Waals surface area contributed by atoms with Gasteiger partial charge in [-0.15, -0.1) is 0 Å². The fourth-order valence-electron chi connectivity index (χ4n) is 3.92. The monoisotopic (exact) mass is 402 g/mol. The average molecular weight is 402 g/mol. The average Bonchev–Trinajstić information content (AvgIpc) is 2.91. The first-order valence-electron chi connectivity index (χ1n) is 10.3. The number of para-hydroxylation sites is 1. The molecule has 0 saturated carbocycles. The maximum Gasteiger partial charge on any atom is 0.249 e. The molecule has 0 aliphatic carbocycles. The molecular formula is C24H26N4O2. The van der Waals surface area contributed by atoms with E-state index >= 15 is 0 Å². The SMILES string of the molecule is CNC(C)C(=O)N[C@H]1CCc2ccccc2N(Cc2cncc3ccccc23)C1=O. The molecule has 154 valence electrons. The number of nitrogens with one attached hydrogen (secondary N) is 2. The highest BCUT2D eigenvalue weighted by Crippen LogP contribution is 2.30. The van der Waals surface area contributed by atoms with Crippen LogP contribution in [-0.2, 0) is 22.6 Å². The predicted molar refractivity (Wildman–Crippen MR) is 118 cm³/mol. The second-order valence-electron chi connectivity index (χ2n) is 7.68. The number of pyridine rings is 1. The Morgan fingerprint density at radius 3 is 2.77 bits per heavy atom. The zero-order valence-electron chi connectivity index (χ0n) is 17.3. The Balaban J connectivity index is 1.70. The lowest BCUT2D eigenvalue weighted by molar-refractivity contribution is -0.128. The molecule has 0 radical (unpaired) electrons. The number of hydrogen-bond donors (Lipinski definition) is 2. The number of nitrogens with zero attached hydrogens (tertiary/aromatic N) is 2. The molecule has 0 saturated heterocycles. The van der Waals surface area contributed by atoms with Crippen LogP contribution in [0.15, 0.2) is 60.9 Å². The second kappa shape index (κ2) is 8.63. The van der Waals surface area contributed by atoms with Gasteiger partial charge in [-0.1, -0.05) is 42.5 Å². The van der Waals surface area contributed by atoms with E-state index in [1.807, 2.05) is 48.8 Å². The molecule has 1 aromatic heterocycles. The summed E-state index contributed by atoms with van der Waals surface area (Å²) in [7, 11) is 1.73. The topological polar surface area (TPSA) is 74.3 Å². The lowest BCUT2D eigenvalue weighted by atomic mass is 10.1. The number of benzene rings is 2. The Hall–Kier alpha value is -3.25. The largest absolute Gasteiger partial charge is 0.343 e. The van der Waals surface area contributed by atoms with Gasteiger partial charge in [0.25, 0.3) is 0 Å². The third kappa shape index (κ3) is 3.91. The van der Waals surface area contributed by atoms with Crippen molar-refractivity contribution in [2.45, 2.75) is 38.4 Å². The maximum atomic E-state index is 13.6. The summed E-state index contributed by atoms with van der Waals surface area (Å²) in [6.45, 7) is 2.18. The summed E-state index contributed by atoms with van der Waals surface area (Å²) >= 11 is 0. The van der Waals surface area contributed by atoms with Crippen LogP contribution in [0.25, 0.3) is 10.8 Å². The van der Waals surface area contributed by atoms with Gasteiger partial charge in [0.1, 0.15) is 6.04 Å². The van der Waals surface area contributed by atoms with Crippen LogP contribution in [0.2, 0.25) is 0 Å². The highest BCUT2D eigenvalue weighted by Gasteiger charge is 2.32. The summed E-state index contributed by atoms with van der Waals surface area (Å²) < 4.78 is 0. The summed E-state index contributed by atoms with van der Waals surface area (Å²) in [6.07, 6.45) is 4.95. The van der Waals surface area contributed by atoms with Crippen LogP contribution in [0, 0.1) is 0 Å². The number of carbonyl (C=O) groups excluding carboxylic acids is 2. The van der Waals surface area contributed by atoms with Gasteiger partial charge in [-0.3, -0.25) is 14.6 Å². The zero-order valence-corrected chi connectivity index (χ0v) is 17.3. The summed E-state index contributed by atoms with van der Waals surface area (Å²) in [4.78, 5) is 32.2. The van der Waals surface area contributed by atoms with Gasteiger partial charge in [0.05, 0.1) is 12.6 Å². The number of aryl methyl sites for hydroxylation is 1. The number of hydrogen-bond acceptors (Lipinski definition) is 4. The van der Waals surface area contributed by atoms with Crippen LogP contribution in [0.1, 0.15) is 24.5 Å². The molecule has 2 heterocycles. The zero-order chi connectivity index (χ0) is 21.1. The number of rotatable bonds is 5. The molecule has 2 aromatic carbocycles. The summed E-state index contributed by atoms with van der Waals surface area (Å²) in [6, 6.07) is 15.1. The molecule has 1 aliphatic rings. The minimum atomic E-state index is -0.566. The first-order valence-corrected chi connectivity index (χ1v) is 10.3.